The first kappa shape index (κ1) is 37.6. The van der Waals surface area contributed by atoms with E-state index in [2.05, 4.69) is 20.1 Å². The van der Waals surface area contributed by atoms with E-state index in [0.29, 0.717) is 32.1 Å². The van der Waals surface area contributed by atoms with Gasteiger partial charge in [0.25, 0.3) is 0 Å². The Balaban J connectivity index is 1.02. The van der Waals surface area contributed by atoms with Gasteiger partial charge in [0, 0.05) is 58.0 Å². The topological polar surface area (TPSA) is 152 Å². The largest absolute Gasteiger partial charge is 0.394 e. The van der Waals surface area contributed by atoms with Crippen molar-refractivity contribution >= 4 is 5.78 Å². The van der Waals surface area contributed by atoms with E-state index >= 15 is 0 Å². The predicted molar refractivity (Wildman–Crippen MR) is 186 cm³/mol. The van der Waals surface area contributed by atoms with E-state index < -0.39 is 42.9 Å². The van der Waals surface area contributed by atoms with E-state index in [1.165, 1.54) is 0 Å². The smallest absolute Gasteiger partial charge is 0.172 e. The Morgan fingerprint density at radius 1 is 0.827 bits per heavy atom. The normalized spacial score (nSPS) is 50.4. The Labute approximate surface area is 307 Å². The van der Waals surface area contributed by atoms with Gasteiger partial charge in [-0.2, -0.15) is 0 Å². The molecule has 9 fully saturated rings. The van der Waals surface area contributed by atoms with Crippen molar-refractivity contribution in [3.63, 3.8) is 0 Å². The highest BCUT2D eigenvalue weighted by molar-refractivity contribution is 5.79. The van der Waals surface area contributed by atoms with Crippen LogP contribution in [-0.4, -0.2) is 132 Å². The molecule has 0 aromatic carbocycles. The Bertz CT molecular complexity index is 1330. The van der Waals surface area contributed by atoms with Gasteiger partial charge in [-0.1, -0.05) is 20.1 Å². The predicted octanol–water partition coefficient (Wildman–Crippen LogP) is 3.46. The van der Waals surface area contributed by atoms with Crippen LogP contribution in [0.3, 0.4) is 0 Å². The minimum Gasteiger partial charge on any atom is -0.394 e. The number of aliphatic hydroxyl groups is 3. The van der Waals surface area contributed by atoms with Crippen LogP contribution in [0.1, 0.15) is 96.8 Å². The van der Waals surface area contributed by atoms with Crippen LogP contribution < -0.4 is 0 Å². The molecule has 11 bridgehead atoms. The summed E-state index contributed by atoms with van der Waals surface area (Å²) in [6, 6.07) is 0. The first-order valence-electron chi connectivity index (χ1n) is 20.0. The Hall–Kier alpha value is -1.29. The maximum Gasteiger partial charge on any atom is 0.172 e. The summed E-state index contributed by atoms with van der Waals surface area (Å²) in [5.41, 5.74) is 2.14. The number of fused-ring (bicyclic) bond motifs is 6. The molecule has 12 heteroatoms. The summed E-state index contributed by atoms with van der Waals surface area (Å²) in [6.45, 7) is 10.6. The van der Waals surface area contributed by atoms with E-state index in [4.69, 9.17) is 37.9 Å². The van der Waals surface area contributed by atoms with Gasteiger partial charge in [0.15, 0.2) is 5.79 Å². The quantitative estimate of drug-likeness (QED) is 0.363. The van der Waals surface area contributed by atoms with Crippen LogP contribution in [0.4, 0.5) is 0 Å². The van der Waals surface area contributed by atoms with E-state index in [-0.39, 0.29) is 97.9 Å². The molecular weight excluding hydrogens is 672 g/mol. The van der Waals surface area contributed by atoms with Gasteiger partial charge in [-0.05, 0) is 62.0 Å². The third kappa shape index (κ3) is 7.48. The molecule has 9 rings (SSSR count). The fourth-order valence-corrected chi connectivity index (χ4v) is 10.8. The number of aliphatic hydroxyl groups excluding tert-OH is 3. The van der Waals surface area contributed by atoms with Crippen molar-refractivity contribution < 1.29 is 58.0 Å². The van der Waals surface area contributed by atoms with Gasteiger partial charge >= 0.3 is 0 Å². The Morgan fingerprint density at radius 3 is 2.42 bits per heavy atom. The monoisotopic (exact) mass is 732 g/mol. The average Bonchev–Trinajstić information content (AvgIpc) is 3.79. The van der Waals surface area contributed by atoms with Gasteiger partial charge in [0.2, 0.25) is 0 Å². The van der Waals surface area contributed by atoms with Gasteiger partial charge in [-0.15, -0.1) is 0 Å². The Kier molecular flexibility index (Phi) is 11.1. The van der Waals surface area contributed by atoms with Gasteiger partial charge in [0.1, 0.15) is 24.1 Å². The van der Waals surface area contributed by atoms with Crippen molar-refractivity contribution in [2.75, 3.05) is 13.7 Å². The van der Waals surface area contributed by atoms with Gasteiger partial charge < -0.3 is 53.2 Å². The van der Waals surface area contributed by atoms with Crippen molar-refractivity contribution in [2.45, 2.75) is 194 Å². The molecule has 52 heavy (non-hydrogen) atoms. The average molecular weight is 733 g/mol. The molecule has 0 saturated carbocycles. The van der Waals surface area contributed by atoms with Crippen LogP contribution in [0.15, 0.2) is 24.3 Å². The second-order valence-corrected chi connectivity index (χ2v) is 17.2. The molecule has 0 aromatic heterocycles. The standard InChI is InChI=1S/C40H60O12/c1-20-11-26-7-8-30-21(2)12-28(46-30)9-10-40-18-35-38(52-40)39-37(50-35)34(51-40)16-27(48-39)6-5-23(42)13-24(43)14-29-32(17-31(47-26)22(20)3)49-33(36(29)45-4)15-25(44)19-41/h20,23,25-39,41-42,44H,2-3,5-19H2,1,4H3/t20-,23?,25?,26+,27?,28?,29?,30?,31?,32+,33?,34?,35-,36-,37?,38?,39?,40-/m1/s1. The lowest BCUT2D eigenvalue weighted by atomic mass is 9.81. The third-order valence-electron chi connectivity index (χ3n) is 13.5. The lowest BCUT2D eigenvalue weighted by molar-refractivity contribution is -0.252. The van der Waals surface area contributed by atoms with Crippen LogP contribution in [-0.2, 0) is 42.7 Å². The molecule has 9 aliphatic heterocycles. The minimum atomic E-state index is -0.970. The first-order chi connectivity index (χ1) is 25.0. The lowest BCUT2D eigenvalue weighted by Gasteiger charge is -2.38. The molecule has 9 aliphatic rings. The van der Waals surface area contributed by atoms with Gasteiger partial charge in [-0.25, -0.2) is 0 Å². The summed E-state index contributed by atoms with van der Waals surface area (Å²) in [5, 5.41) is 31.1. The summed E-state index contributed by atoms with van der Waals surface area (Å²) < 4.78 is 52.4. The zero-order valence-corrected chi connectivity index (χ0v) is 30.9. The number of methoxy groups -OCH3 is 1. The highest BCUT2D eigenvalue weighted by Crippen LogP contribution is 2.53. The number of carbonyl (C=O) groups excluding carboxylic acids is 1. The van der Waals surface area contributed by atoms with E-state index in [0.717, 1.165) is 49.7 Å². The zero-order valence-electron chi connectivity index (χ0n) is 30.9. The maximum absolute atomic E-state index is 13.7. The number of rotatable bonds is 4. The molecule has 0 amide bonds. The number of Topliss-reactive ketones (excluding diaryl/α,β-unsaturated/α-hetero) is 1. The third-order valence-corrected chi connectivity index (χ3v) is 13.5. The van der Waals surface area contributed by atoms with E-state index in [1.807, 2.05) is 0 Å². The molecular formula is C40H60O12. The fourth-order valence-electron chi connectivity index (χ4n) is 10.8. The summed E-state index contributed by atoms with van der Waals surface area (Å²) in [6.07, 6.45) is 3.77. The molecule has 3 N–H and O–H groups in total. The molecule has 0 aromatic rings. The number of ether oxygens (including phenoxy) is 8. The molecule has 1 spiro atoms. The Morgan fingerprint density at radius 2 is 1.62 bits per heavy atom. The van der Waals surface area contributed by atoms with Crippen molar-refractivity contribution in [1.82, 2.24) is 0 Å². The highest BCUT2D eigenvalue weighted by Gasteiger charge is 2.66. The molecule has 12 nitrogen and oxygen atoms in total. The summed E-state index contributed by atoms with van der Waals surface area (Å²) in [7, 11) is 1.59. The fraction of sp³-hybridized carbons (Fsp3) is 0.875. The molecule has 18 atom stereocenters. The number of ketones is 1. The SMILES string of the molecule is C=C1CC2CC[C@]34C[C@H]5OC6C(CC(CCC(O)CC(=O)CC7[C@@H](OC)C(CC(O)CO)O[C@H]7CC7O[C@@H](CCC1O2)C[C@@H](C)C7=C)OC6C5O3)O4. The summed E-state index contributed by atoms with van der Waals surface area (Å²) in [4.78, 5) is 13.7. The van der Waals surface area contributed by atoms with Crippen LogP contribution in [0, 0.1) is 11.8 Å². The van der Waals surface area contributed by atoms with Crippen LogP contribution in [0.5, 0.6) is 0 Å². The number of hydrogen-bond acceptors (Lipinski definition) is 12. The van der Waals surface area contributed by atoms with E-state index in [9.17, 15) is 20.1 Å². The molecule has 292 valence electrons. The summed E-state index contributed by atoms with van der Waals surface area (Å²) >= 11 is 0. The van der Waals surface area contributed by atoms with Crippen molar-refractivity contribution in [3.8, 4) is 0 Å². The first-order valence-corrected chi connectivity index (χ1v) is 20.0. The highest BCUT2D eigenvalue weighted by atomic mass is 16.8. The number of carbonyl (C=O) groups is 1. The molecule has 9 saturated heterocycles. The van der Waals surface area contributed by atoms with Crippen LogP contribution in [0.25, 0.3) is 0 Å². The number of hydrogen-bond donors (Lipinski definition) is 3. The van der Waals surface area contributed by atoms with Gasteiger partial charge in [-0.3, -0.25) is 4.79 Å². The van der Waals surface area contributed by atoms with Crippen LogP contribution >= 0.6 is 0 Å². The minimum absolute atomic E-state index is 0.00680. The van der Waals surface area contributed by atoms with Crippen LogP contribution in [0.2, 0.25) is 0 Å². The van der Waals surface area contributed by atoms with Crippen molar-refractivity contribution in [3.05, 3.63) is 24.3 Å². The molecule has 12 unspecified atom stereocenters. The van der Waals surface area contributed by atoms with Crippen molar-refractivity contribution in [1.29, 1.82) is 0 Å². The van der Waals surface area contributed by atoms with E-state index in [1.54, 1.807) is 7.11 Å². The zero-order chi connectivity index (χ0) is 36.3. The molecule has 0 aliphatic carbocycles. The summed E-state index contributed by atoms with van der Waals surface area (Å²) in [5.74, 6) is -0.863. The van der Waals surface area contributed by atoms with Crippen molar-refractivity contribution in [2.24, 2.45) is 11.8 Å². The van der Waals surface area contributed by atoms with Gasteiger partial charge in [0.05, 0.1) is 79.9 Å². The molecule has 0 radical (unpaired) electrons. The second-order valence-electron chi connectivity index (χ2n) is 17.2. The second kappa shape index (κ2) is 15.3. The lowest BCUT2D eigenvalue weighted by Crippen LogP contribution is -2.49. The molecule has 9 heterocycles. The maximum atomic E-state index is 13.7.